The summed E-state index contributed by atoms with van der Waals surface area (Å²) in [6.45, 7) is 7.29. The Hall–Kier alpha value is 0.340. The largest absolute Gasteiger partial charge is 0.103 e. The second-order valence-electron chi connectivity index (χ2n) is 1.34. The highest BCUT2D eigenvalue weighted by molar-refractivity contribution is 8.12. The smallest absolute Gasteiger partial charge is 0.0138 e. The maximum absolute atomic E-state index is 3.64. The minimum absolute atomic E-state index is 1.08. The van der Waals surface area contributed by atoms with Crippen molar-refractivity contribution < 1.29 is 0 Å². The zero-order valence-electron chi connectivity index (χ0n) is 4.98. The lowest BCUT2D eigenvalue weighted by molar-refractivity contribution is 1.80. The van der Waals surface area contributed by atoms with Crippen LogP contribution < -0.4 is 0 Å². The lowest BCUT2D eigenvalue weighted by Crippen LogP contribution is -1.58. The summed E-state index contributed by atoms with van der Waals surface area (Å²) in [5, 5.41) is 0. The molecule has 0 aliphatic carbocycles. The molecule has 0 aromatic heterocycles. The minimum Gasteiger partial charge on any atom is -0.103 e. The van der Waals surface area contributed by atoms with Crippen LogP contribution >= 0.6 is 16.5 Å². The highest BCUT2D eigenvalue weighted by Gasteiger charge is 1.77. The van der Waals surface area contributed by atoms with E-state index in [1.165, 1.54) is 12.3 Å². The molecule has 0 amide bonds. The van der Waals surface area contributed by atoms with Crippen LogP contribution in [0, 0.1) is 0 Å². The highest BCUT2D eigenvalue weighted by Crippen LogP contribution is 2.35. The third-order valence-electron chi connectivity index (χ3n) is 0.618. The molecule has 0 heterocycles. The zero-order valence-corrected chi connectivity index (χ0v) is 6.98. The van der Waals surface area contributed by atoms with Gasteiger partial charge in [0.15, 0.2) is 0 Å². The molecule has 0 fully saturated rings. The fourth-order valence-corrected chi connectivity index (χ4v) is 2.60. The van der Waals surface area contributed by atoms with Crippen molar-refractivity contribution in [1.82, 2.24) is 0 Å². The molecule has 0 radical (unpaired) electrons. The summed E-state index contributed by atoms with van der Waals surface area (Å²) < 4.78 is 0. The predicted molar refractivity (Wildman–Crippen MR) is 46.8 cm³/mol. The molecule has 0 aliphatic heterocycles. The number of rotatable bonds is 5. The van der Waals surface area contributed by atoms with Gasteiger partial charge in [-0.3, -0.25) is 0 Å². The van der Waals surface area contributed by atoms with E-state index in [4.69, 9.17) is 0 Å². The molecule has 0 aliphatic rings. The van der Waals surface area contributed by atoms with Gasteiger partial charge in [-0.2, -0.15) is 0 Å². The van der Waals surface area contributed by atoms with Crippen LogP contribution in [0.25, 0.3) is 0 Å². The Bertz CT molecular complexity index is 58.9. The Morgan fingerprint density at radius 2 is 1.38 bits per heavy atom. The Morgan fingerprint density at radius 1 is 1.00 bits per heavy atom. The Labute approximate surface area is 54.9 Å². The maximum atomic E-state index is 3.64. The normalized spacial score (nSPS) is 11.5. The van der Waals surface area contributed by atoms with Crippen molar-refractivity contribution in [2.45, 2.75) is 0 Å². The van der Waals surface area contributed by atoms with E-state index in [1.807, 2.05) is 12.2 Å². The molecule has 0 N–H and O–H groups in total. The van der Waals surface area contributed by atoms with Crippen molar-refractivity contribution in [3.8, 4) is 0 Å². The molecular formula is C6H12P2. The van der Waals surface area contributed by atoms with Gasteiger partial charge in [0.2, 0.25) is 0 Å². The van der Waals surface area contributed by atoms with Gasteiger partial charge >= 0.3 is 0 Å². The van der Waals surface area contributed by atoms with E-state index in [2.05, 4.69) is 13.2 Å². The Morgan fingerprint density at radius 3 is 1.62 bits per heavy atom. The van der Waals surface area contributed by atoms with E-state index in [1.54, 1.807) is 0 Å². The standard InChI is InChI=1S/C6H12P2/c1-3-5-7-8-6-4-2/h3-4,7-8H,1-2,5-6H2. The summed E-state index contributed by atoms with van der Waals surface area (Å²) >= 11 is 0. The first-order valence-electron chi connectivity index (χ1n) is 2.59. The first kappa shape index (κ1) is 8.34. The second-order valence-corrected chi connectivity index (χ2v) is 4.98. The lowest BCUT2D eigenvalue weighted by Gasteiger charge is -1.90. The third kappa shape index (κ3) is 6.34. The minimum atomic E-state index is 1.08. The molecule has 8 heavy (non-hydrogen) atoms. The van der Waals surface area contributed by atoms with Gasteiger partial charge in [0.1, 0.15) is 0 Å². The summed E-state index contributed by atoms with van der Waals surface area (Å²) in [7, 11) is 2.16. The fraction of sp³-hybridized carbons (Fsp3) is 0.333. The molecule has 0 aromatic carbocycles. The van der Waals surface area contributed by atoms with Gasteiger partial charge in [0.25, 0.3) is 0 Å². The van der Waals surface area contributed by atoms with Crippen LogP contribution in [0.2, 0.25) is 0 Å². The van der Waals surface area contributed by atoms with Crippen LogP contribution in [0.5, 0.6) is 0 Å². The van der Waals surface area contributed by atoms with Crippen molar-refractivity contribution >= 4 is 16.5 Å². The predicted octanol–water partition coefficient (Wildman–Crippen LogP) is 2.63. The molecule has 0 aromatic rings. The van der Waals surface area contributed by atoms with Gasteiger partial charge in [-0.25, -0.2) is 0 Å². The quantitative estimate of drug-likeness (QED) is 0.317. The van der Waals surface area contributed by atoms with E-state index in [0.717, 1.165) is 16.5 Å². The summed E-state index contributed by atoms with van der Waals surface area (Å²) in [6, 6.07) is 0. The molecule has 0 bridgehead atoms. The monoisotopic (exact) mass is 146 g/mol. The van der Waals surface area contributed by atoms with Gasteiger partial charge in [-0.1, -0.05) is 28.7 Å². The molecule has 46 valence electrons. The van der Waals surface area contributed by atoms with Crippen LogP contribution in [-0.2, 0) is 0 Å². The molecule has 0 nitrogen and oxygen atoms in total. The van der Waals surface area contributed by atoms with Crippen LogP contribution in [0.3, 0.4) is 0 Å². The molecule has 2 unspecified atom stereocenters. The third-order valence-corrected chi connectivity index (χ3v) is 3.83. The molecule has 0 saturated heterocycles. The summed E-state index contributed by atoms with van der Waals surface area (Å²) in [5.74, 6) is 0. The average molecular weight is 146 g/mol. The Kier molecular flexibility index (Phi) is 7.65. The van der Waals surface area contributed by atoms with Gasteiger partial charge in [-0.15, -0.1) is 13.2 Å². The van der Waals surface area contributed by atoms with E-state index in [0.29, 0.717) is 0 Å². The van der Waals surface area contributed by atoms with Gasteiger partial charge < -0.3 is 0 Å². The number of allylic oxidation sites excluding steroid dienone is 2. The SMILES string of the molecule is C=CCPPCC=C. The van der Waals surface area contributed by atoms with Gasteiger partial charge in [0, 0.05) is 0 Å². The van der Waals surface area contributed by atoms with E-state index in [-0.39, 0.29) is 0 Å². The van der Waals surface area contributed by atoms with Crippen molar-refractivity contribution in [1.29, 1.82) is 0 Å². The van der Waals surface area contributed by atoms with Crippen LogP contribution in [-0.4, -0.2) is 12.3 Å². The molecule has 0 saturated carbocycles. The number of hydrogen-bond donors (Lipinski definition) is 0. The maximum Gasteiger partial charge on any atom is -0.0138 e. The molecule has 0 spiro atoms. The van der Waals surface area contributed by atoms with E-state index in [9.17, 15) is 0 Å². The average Bonchev–Trinajstić information content (AvgIpc) is 1.81. The summed E-state index contributed by atoms with van der Waals surface area (Å²) in [6.07, 6.45) is 6.33. The van der Waals surface area contributed by atoms with E-state index >= 15 is 0 Å². The first-order valence-corrected chi connectivity index (χ1v) is 6.00. The van der Waals surface area contributed by atoms with Crippen LogP contribution in [0.15, 0.2) is 25.3 Å². The highest BCUT2D eigenvalue weighted by atomic mass is 32.0. The first-order chi connectivity index (χ1) is 3.91. The van der Waals surface area contributed by atoms with Crippen LogP contribution in [0.4, 0.5) is 0 Å². The second kappa shape index (κ2) is 7.34. The molecule has 0 rings (SSSR count). The van der Waals surface area contributed by atoms with E-state index < -0.39 is 0 Å². The Balaban J connectivity index is 2.71. The summed E-state index contributed by atoms with van der Waals surface area (Å²) in [5.41, 5.74) is 0. The van der Waals surface area contributed by atoms with Crippen LogP contribution in [0.1, 0.15) is 0 Å². The van der Waals surface area contributed by atoms with Gasteiger partial charge in [-0.05, 0) is 12.3 Å². The fourth-order valence-electron chi connectivity index (χ4n) is 0.289. The van der Waals surface area contributed by atoms with Crippen molar-refractivity contribution in [3.63, 3.8) is 0 Å². The van der Waals surface area contributed by atoms with Gasteiger partial charge in [0.05, 0.1) is 0 Å². The number of hydrogen-bond acceptors (Lipinski definition) is 0. The zero-order chi connectivity index (χ0) is 6.24. The molecule has 2 atom stereocenters. The van der Waals surface area contributed by atoms with Crippen molar-refractivity contribution in [2.75, 3.05) is 12.3 Å². The van der Waals surface area contributed by atoms with Crippen molar-refractivity contribution in [3.05, 3.63) is 25.3 Å². The molecule has 2 heteroatoms. The summed E-state index contributed by atoms with van der Waals surface area (Å²) in [4.78, 5) is 0. The lowest BCUT2D eigenvalue weighted by atomic mass is 10.8. The topological polar surface area (TPSA) is 0 Å². The molecular weight excluding hydrogens is 134 g/mol. The van der Waals surface area contributed by atoms with Crippen molar-refractivity contribution in [2.24, 2.45) is 0 Å².